The molecule has 27 heavy (non-hydrogen) atoms. The molecule has 2 rings (SSSR count). The van der Waals surface area contributed by atoms with Gasteiger partial charge < -0.3 is 25.2 Å². The minimum Gasteiger partial charge on any atom is -0.497 e. The topological polar surface area (TPSA) is 75.1 Å². The van der Waals surface area contributed by atoms with Crippen LogP contribution >= 0.6 is 35.3 Å². The Hall–Kier alpha value is -1.52. The van der Waals surface area contributed by atoms with Crippen LogP contribution < -0.4 is 20.1 Å². The molecule has 0 bridgehead atoms. The molecule has 1 aromatic heterocycles. The molecule has 1 unspecified atom stereocenters. The van der Waals surface area contributed by atoms with Crippen LogP contribution in [0.25, 0.3) is 0 Å². The van der Waals surface area contributed by atoms with Crippen molar-refractivity contribution in [3.63, 3.8) is 0 Å². The number of rotatable bonds is 8. The number of hydrogen-bond donors (Lipinski definition) is 3. The van der Waals surface area contributed by atoms with Gasteiger partial charge in [-0.2, -0.15) is 11.3 Å². The summed E-state index contributed by atoms with van der Waals surface area (Å²) >= 11 is 1.57. The summed E-state index contributed by atoms with van der Waals surface area (Å²) in [4.78, 5) is 4.60. The van der Waals surface area contributed by atoms with Gasteiger partial charge >= 0.3 is 0 Å². The van der Waals surface area contributed by atoms with Crippen LogP contribution in [0.1, 0.15) is 25.0 Å². The Kier molecular flexibility index (Phi) is 9.89. The van der Waals surface area contributed by atoms with E-state index in [1.54, 1.807) is 32.5 Å². The highest BCUT2D eigenvalue weighted by atomic mass is 127. The molecule has 0 saturated heterocycles. The largest absolute Gasteiger partial charge is 0.497 e. The fourth-order valence-electron chi connectivity index (χ4n) is 2.42. The van der Waals surface area contributed by atoms with Gasteiger partial charge in [0.1, 0.15) is 17.1 Å². The third kappa shape index (κ3) is 6.86. The molecular formula is C19H28IN3O3S. The van der Waals surface area contributed by atoms with Crippen LogP contribution in [0.4, 0.5) is 0 Å². The number of ether oxygens (including phenoxy) is 2. The number of aliphatic imine (C=N–C) groups is 1. The lowest BCUT2D eigenvalue weighted by atomic mass is 9.99. The second-order valence-electron chi connectivity index (χ2n) is 6.01. The Balaban J connectivity index is 0.00000364. The molecule has 6 nitrogen and oxygen atoms in total. The molecule has 0 spiro atoms. The van der Waals surface area contributed by atoms with E-state index in [4.69, 9.17) is 9.47 Å². The number of hydrogen-bond acceptors (Lipinski definition) is 5. The zero-order valence-corrected chi connectivity index (χ0v) is 19.3. The van der Waals surface area contributed by atoms with E-state index in [2.05, 4.69) is 15.6 Å². The van der Waals surface area contributed by atoms with Gasteiger partial charge in [0.05, 0.1) is 27.3 Å². The third-order valence-electron chi connectivity index (χ3n) is 3.99. The molecule has 0 aliphatic heterocycles. The minimum absolute atomic E-state index is 0. The van der Waals surface area contributed by atoms with Gasteiger partial charge in [-0.05, 0) is 48.4 Å². The number of halogens is 1. The van der Waals surface area contributed by atoms with Gasteiger partial charge in [0.2, 0.25) is 0 Å². The predicted molar refractivity (Wildman–Crippen MR) is 122 cm³/mol. The van der Waals surface area contributed by atoms with Crippen molar-refractivity contribution in [3.8, 4) is 11.5 Å². The highest BCUT2D eigenvalue weighted by Gasteiger charge is 2.23. The maximum Gasteiger partial charge on any atom is 0.191 e. The normalized spacial score (nSPS) is 13.3. The number of methoxy groups -OCH3 is 2. The summed E-state index contributed by atoms with van der Waals surface area (Å²) in [6.07, 6.45) is 0. The smallest absolute Gasteiger partial charge is 0.191 e. The first-order chi connectivity index (χ1) is 12.5. The van der Waals surface area contributed by atoms with Gasteiger partial charge in [-0.1, -0.05) is 0 Å². The molecule has 0 fully saturated rings. The summed E-state index contributed by atoms with van der Waals surface area (Å²) in [6.45, 7) is 5.32. The number of thiophene rings is 1. The number of nitrogens with one attached hydrogen (secondary N) is 2. The molecular weight excluding hydrogens is 477 g/mol. The van der Waals surface area contributed by atoms with Crippen LogP contribution in [-0.4, -0.2) is 38.4 Å². The van der Waals surface area contributed by atoms with Crippen molar-refractivity contribution in [1.82, 2.24) is 10.6 Å². The molecule has 2 aromatic rings. The van der Waals surface area contributed by atoms with Crippen LogP contribution in [-0.2, 0) is 12.1 Å². The average Bonchev–Trinajstić information content (AvgIpc) is 3.19. The quantitative estimate of drug-likeness (QED) is 0.292. The maximum atomic E-state index is 10.6. The minimum atomic E-state index is -0.964. The van der Waals surface area contributed by atoms with E-state index < -0.39 is 5.60 Å². The first-order valence-electron chi connectivity index (χ1n) is 8.48. The summed E-state index contributed by atoms with van der Waals surface area (Å²) in [5.74, 6) is 2.11. The van der Waals surface area contributed by atoms with Gasteiger partial charge in [0.15, 0.2) is 5.96 Å². The van der Waals surface area contributed by atoms with Gasteiger partial charge in [0.25, 0.3) is 0 Å². The van der Waals surface area contributed by atoms with Crippen LogP contribution in [0.2, 0.25) is 0 Å². The van der Waals surface area contributed by atoms with Crippen molar-refractivity contribution < 1.29 is 14.6 Å². The van der Waals surface area contributed by atoms with E-state index >= 15 is 0 Å². The first kappa shape index (κ1) is 23.5. The van der Waals surface area contributed by atoms with Crippen molar-refractivity contribution in [2.24, 2.45) is 4.99 Å². The summed E-state index contributed by atoms with van der Waals surface area (Å²) in [5.41, 5.74) is 0.881. The van der Waals surface area contributed by atoms with Crippen LogP contribution in [0.5, 0.6) is 11.5 Å². The predicted octanol–water partition coefficient (Wildman–Crippen LogP) is 3.35. The molecule has 1 aromatic carbocycles. The lowest BCUT2D eigenvalue weighted by Gasteiger charge is -2.24. The fourth-order valence-corrected chi connectivity index (χ4v) is 3.20. The molecule has 1 atom stereocenters. The molecule has 150 valence electrons. The van der Waals surface area contributed by atoms with Crippen molar-refractivity contribution in [2.45, 2.75) is 26.0 Å². The Morgan fingerprint density at radius 2 is 2.00 bits per heavy atom. The molecule has 0 saturated carbocycles. The number of nitrogens with zero attached hydrogens (tertiary/aromatic N) is 1. The van der Waals surface area contributed by atoms with Crippen LogP contribution in [0.15, 0.2) is 40.0 Å². The fraction of sp³-hybridized carbons (Fsp3) is 0.421. The highest BCUT2D eigenvalue weighted by Crippen LogP contribution is 2.25. The van der Waals surface area contributed by atoms with E-state index in [-0.39, 0.29) is 24.0 Å². The maximum absolute atomic E-state index is 10.6. The van der Waals surface area contributed by atoms with Crippen molar-refractivity contribution in [1.29, 1.82) is 0 Å². The molecule has 3 N–H and O–H groups in total. The summed E-state index contributed by atoms with van der Waals surface area (Å²) in [7, 11) is 3.25. The van der Waals surface area contributed by atoms with E-state index in [1.165, 1.54) is 0 Å². The van der Waals surface area contributed by atoms with Gasteiger partial charge in [-0.15, -0.1) is 24.0 Å². The molecule has 0 aliphatic rings. The van der Waals surface area contributed by atoms with E-state index in [1.807, 2.05) is 41.9 Å². The highest BCUT2D eigenvalue weighted by molar-refractivity contribution is 14.0. The summed E-state index contributed by atoms with van der Waals surface area (Å²) in [6, 6.07) is 7.59. The van der Waals surface area contributed by atoms with Gasteiger partial charge in [-0.25, -0.2) is 4.99 Å². The van der Waals surface area contributed by atoms with Crippen LogP contribution in [0, 0.1) is 0 Å². The second kappa shape index (κ2) is 11.4. The second-order valence-corrected chi connectivity index (χ2v) is 6.79. The third-order valence-corrected chi connectivity index (χ3v) is 4.67. The Morgan fingerprint density at radius 1 is 1.22 bits per heavy atom. The number of guanidine groups is 1. The van der Waals surface area contributed by atoms with Gasteiger partial charge in [-0.3, -0.25) is 0 Å². The van der Waals surface area contributed by atoms with E-state index in [0.717, 1.165) is 29.2 Å². The van der Waals surface area contributed by atoms with E-state index in [9.17, 15) is 5.11 Å². The standard InChI is InChI=1S/C19H27N3O3S.HI/c1-5-20-18(22-13-19(2,23)15-8-9-26-12-15)21-11-14-6-7-16(24-3)10-17(14)25-4;/h6-10,12,23H,5,11,13H2,1-4H3,(H2,20,21,22);1H. The summed E-state index contributed by atoms with van der Waals surface area (Å²) < 4.78 is 10.6. The molecule has 8 heteroatoms. The number of aliphatic hydroxyl groups is 1. The van der Waals surface area contributed by atoms with Crippen molar-refractivity contribution >= 4 is 41.3 Å². The Bertz CT molecular complexity index is 721. The van der Waals surface area contributed by atoms with Crippen LogP contribution in [0.3, 0.4) is 0 Å². The lowest BCUT2D eigenvalue weighted by Crippen LogP contribution is -2.44. The summed E-state index contributed by atoms with van der Waals surface area (Å²) in [5, 5.41) is 21.0. The lowest BCUT2D eigenvalue weighted by molar-refractivity contribution is 0.0621. The Labute approximate surface area is 182 Å². The molecule has 0 radical (unpaired) electrons. The molecule has 1 heterocycles. The molecule has 0 amide bonds. The SMILES string of the molecule is CCNC(=NCc1ccc(OC)cc1OC)NCC(C)(O)c1ccsc1.I. The number of benzene rings is 1. The molecule has 0 aliphatic carbocycles. The Morgan fingerprint density at radius 3 is 2.59 bits per heavy atom. The van der Waals surface area contributed by atoms with Crippen molar-refractivity contribution in [2.75, 3.05) is 27.3 Å². The zero-order valence-electron chi connectivity index (χ0n) is 16.1. The average molecular weight is 505 g/mol. The van der Waals surface area contributed by atoms with E-state index in [0.29, 0.717) is 19.0 Å². The monoisotopic (exact) mass is 505 g/mol. The van der Waals surface area contributed by atoms with Crippen molar-refractivity contribution in [3.05, 3.63) is 46.2 Å². The van der Waals surface area contributed by atoms with Gasteiger partial charge in [0, 0.05) is 18.2 Å². The first-order valence-corrected chi connectivity index (χ1v) is 9.42. The zero-order chi connectivity index (χ0) is 19.0.